The van der Waals surface area contributed by atoms with Crippen LogP contribution in [0, 0.1) is 0 Å². The summed E-state index contributed by atoms with van der Waals surface area (Å²) in [6, 6.07) is 0. The van der Waals surface area contributed by atoms with Crippen molar-refractivity contribution in [2.45, 2.75) is 50.7 Å². The number of carboxylic acid groups (broad SMARTS) is 1. The molecule has 0 radical (unpaired) electrons. The molecule has 2 rings (SSSR count). The van der Waals surface area contributed by atoms with Gasteiger partial charge in [-0.2, -0.15) is 0 Å². The molecular formula is C14H24N2O4. The molecule has 0 aromatic carbocycles. The van der Waals surface area contributed by atoms with E-state index in [-0.39, 0.29) is 18.6 Å². The van der Waals surface area contributed by atoms with Crippen molar-refractivity contribution in [3.63, 3.8) is 0 Å². The molecule has 6 heteroatoms. The van der Waals surface area contributed by atoms with E-state index in [1.165, 1.54) is 0 Å². The number of carbonyl (C=O) groups is 2. The van der Waals surface area contributed by atoms with E-state index in [0.717, 1.165) is 32.3 Å². The zero-order valence-electron chi connectivity index (χ0n) is 12.1. The zero-order valence-corrected chi connectivity index (χ0v) is 12.1. The highest BCUT2D eigenvalue weighted by Crippen LogP contribution is 2.27. The number of aliphatic carboxylic acids is 1. The predicted octanol–water partition coefficient (Wildman–Crippen LogP) is 0.611. The summed E-state index contributed by atoms with van der Waals surface area (Å²) in [5.41, 5.74) is -0.917. The molecule has 0 bridgehead atoms. The summed E-state index contributed by atoms with van der Waals surface area (Å²) in [5.74, 6) is -0.959. The summed E-state index contributed by atoms with van der Waals surface area (Å²) in [5, 5.41) is 12.2. The van der Waals surface area contributed by atoms with Gasteiger partial charge in [0.1, 0.15) is 5.54 Å². The van der Waals surface area contributed by atoms with Crippen LogP contribution >= 0.6 is 0 Å². The summed E-state index contributed by atoms with van der Waals surface area (Å²) in [7, 11) is 0. The Labute approximate surface area is 119 Å². The van der Waals surface area contributed by atoms with Crippen LogP contribution in [0.15, 0.2) is 0 Å². The molecule has 2 saturated heterocycles. The van der Waals surface area contributed by atoms with Crippen molar-refractivity contribution in [1.82, 2.24) is 10.2 Å². The lowest BCUT2D eigenvalue weighted by Gasteiger charge is -2.41. The molecule has 0 aromatic heterocycles. The fraction of sp³-hybridized carbons (Fsp3) is 0.857. The van der Waals surface area contributed by atoms with E-state index in [4.69, 9.17) is 4.74 Å². The number of nitrogens with one attached hydrogen (secondary N) is 1. The molecule has 114 valence electrons. The van der Waals surface area contributed by atoms with Crippen molar-refractivity contribution < 1.29 is 19.4 Å². The normalized spacial score (nSPS) is 31.1. The van der Waals surface area contributed by atoms with Crippen LogP contribution in [0.4, 0.5) is 0 Å². The molecule has 6 nitrogen and oxygen atoms in total. The molecule has 0 aromatic rings. The quantitative estimate of drug-likeness (QED) is 0.773. The minimum absolute atomic E-state index is 0.116. The Morgan fingerprint density at radius 2 is 2.20 bits per heavy atom. The van der Waals surface area contributed by atoms with E-state index in [1.807, 2.05) is 0 Å². The second kappa shape index (κ2) is 6.54. The van der Waals surface area contributed by atoms with Gasteiger partial charge in [-0.05, 0) is 45.6 Å². The molecule has 0 saturated carbocycles. The molecule has 20 heavy (non-hydrogen) atoms. The largest absolute Gasteiger partial charge is 0.480 e. The third-order valence-electron chi connectivity index (χ3n) is 4.39. The number of nitrogens with zero attached hydrogens (tertiary/aromatic N) is 1. The van der Waals surface area contributed by atoms with Crippen LogP contribution in [0.1, 0.15) is 39.0 Å². The Balaban J connectivity index is 1.83. The van der Waals surface area contributed by atoms with Crippen LogP contribution in [-0.4, -0.2) is 59.8 Å². The van der Waals surface area contributed by atoms with Crippen LogP contribution in [-0.2, 0) is 14.3 Å². The van der Waals surface area contributed by atoms with Crippen molar-refractivity contribution in [1.29, 1.82) is 0 Å². The maximum atomic E-state index is 12.0. The Morgan fingerprint density at radius 1 is 1.40 bits per heavy atom. The van der Waals surface area contributed by atoms with Gasteiger partial charge in [-0.25, -0.2) is 0 Å². The molecule has 2 aliphatic heterocycles. The first-order valence-electron chi connectivity index (χ1n) is 7.39. The summed E-state index contributed by atoms with van der Waals surface area (Å²) in [4.78, 5) is 25.2. The average Bonchev–Trinajstić information content (AvgIpc) is 2.92. The van der Waals surface area contributed by atoms with Crippen molar-refractivity contribution in [3.05, 3.63) is 0 Å². The fourth-order valence-corrected chi connectivity index (χ4v) is 2.93. The molecule has 2 atom stereocenters. The van der Waals surface area contributed by atoms with Crippen molar-refractivity contribution in [2.75, 3.05) is 26.2 Å². The number of carbonyl (C=O) groups excluding carboxylic acids is 1. The Kier molecular flexibility index (Phi) is 4.99. The Bertz CT molecular complexity index is 368. The van der Waals surface area contributed by atoms with Crippen molar-refractivity contribution in [2.24, 2.45) is 0 Å². The third kappa shape index (κ3) is 3.49. The van der Waals surface area contributed by atoms with Gasteiger partial charge in [-0.1, -0.05) is 0 Å². The SMILES string of the molecule is CC1(C(=O)O)CCCCN1CC(=O)NCC1CCCO1. The maximum Gasteiger partial charge on any atom is 0.323 e. The van der Waals surface area contributed by atoms with Gasteiger partial charge >= 0.3 is 5.97 Å². The smallest absolute Gasteiger partial charge is 0.323 e. The lowest BCUT2D eigenvalue weighted by atomic mass is 9.88. The average molecular weight is 284 g/mol. The number of carboxylic acids is 1. The molecule has 2 aliphatic rings. The first-order valence-corrected chi connectivity index (χ1v) is 7.39. The van der Waals surface area contributed by atoms with E-state index in [9.17, 15) is 14.7 Å². The van der Waals surface area contributed by atoms with Crippen LogP contribution in [0.3, 0.4) is 0 Å². The first kappa shape index (κ1) is 15.3. The highest BCUT2D eigenvalue weighted by Gasteiger charge is 2.41. The number of amides is 1. The van der Waals surface area contributed by atoms with E-state index < -0.39 is 11.5 Å². The number of piperidine rings is 1. The lowest BCUT2D eigenvalue weighted by molar-refractivity contribution is -0.153. The number of likely N-dealkylation sites (tertiary alicyclic amines) is 1. The third-order valence-corrected chi connectivity index (χ3v) is 4.39. The van der Waals surface area contributed by atoms with Gasteiger partial charge < -0.3 is 15.2 Å². The molecular weight excluding hydrogens is 260 g/mol. The molecule has 0 spiro atoms. The van der Waals surface area contributed by atoms with Crippen molar-refractivity contribution >= 4 is 11.9 Å². The molecule has 2 fully saturated rings. The first-order chi connectivity index (χ1) is 9.52. The second-order valence-electron chi connectivity index (χ2n) is 5.90. The van der Waals surface area contributed by atoms with Gasteiger partial charge in [-0.15, -0.1) is 0 Å². The second-order valence-corrected chi connectivity index (χ2v) is 5.90. The maximum absolute atomic E-state index is 12.0. The van der Waals surface area contributed by atoms with Crippen LogP contribution in [0.2, 0.25) is 0 Å². The lowest BCUT2D eigenvalue weighted by Crippen LogP contribution is -2.57. The minimum atomic E-state index is -0.917. The highest BCUT2D eigenvalue weighted by molar-refractivity contribution is 5.82. The van der Waals surface area contributed by atoms with Gasteiger partial charge in [0.15, 0.2) is 0 Å². The van der Waals surface area contributed by atoms with E-state index >= 15 is 0 Å². The monoisotopic (exact) mass is 284 g/mol. The summed E-state index contributed by atoms with van der Waals surface area (Å²) < 4.78 is 5.45. The van der Waals surface area contributed by atoms with Gasteiger partial charge in [0.2, 0.25) is 5.91 Å². The molecule has 0 aliphatic carbocycles. The highest BCUT2D eigenvalue weighted by atomic mass is 16.5. The van der Waals surface area contributed by atoms with Gasteiger partial charge in [0.05, 0.1) is 12.6 Å². The molecule has 2 unspecified atom stereocenters. The van der Waals surface area contributed by atoms with Crippen LogP contribution in [0.5, 0.6) is 0 Å². The van der Waals surface area contributed by atoms with Crippen LogP contribution < -0.4 is 5.32 Å². The van der Waals surface area contributed by atoms with Crippen molar-refractivity contribution in [3.8, 4) is 0 Å². The molecule has 1 amide bonds. The van der Waals surface area contributed by atoms with E-state index in [2.05, 4.69) is 5.32 Å². The minimum Gasteiger partial charge on any atom is -0.480 e. The Morgan fingerprint density at radius 3 is 2.85 bits per heavy atom. The number of rotatable bonds is 5. The topological polar surface area (TPSA) is 78.9 Å². The van der Waals surface area contributed by atoms with Gasteiger partial charge in [0, 0.05) is 13.2 Å². The summed E-state index contributed by atoms with van der Waals surface area (Å²) in [6.07, 6.45) is 4.59. The molecule has 2 heterocycles. The number of ether oxygens (including phenoxy) is 1. The van der Waals surface area contributed by atoms with Gasteiger partial charge in [0.25, 0.3) is 0 Å². The number of hydrogen-bond acceptors (Lipinski definition) is 4. The summed E-state index contributed by atoms with van der Waals surface area (Å²) in [6.45, 7) is 3.81. The fourth-order valence-electron chi connectivity index (χ4n) is 2.93. The zero-order chi connectivity index (χ0) is 14.6. The summed E-state index contributed by atoms with van der Waals surface area (Å²) >= 11 is 0. The molecule has 2 N–H and O–H groups in total. The van der Waals surface area contributed by atoms with E-state index in [1.54, 1.807) is 11.8 Å². The standard InChI is InChI=1S/C14H24N2O4/c1-14(13(18)19)6-2-3-7-16(14)10-12(17)15-9-11-5-4-8-20-11/h11H,2-10H2,1H3,(H,15,17)(H,18,19). The van der Waals surface area contributed by atoms with Crippen LogP contribution in [0.25, 0.3) is 0 Å². The number of hydrogen-bond donors (Lipinski definition) is 2. The Hall–Kier alpha value is -1.14. The predicted molar refractivity (Wildman–Crippen MR) is 73.4 cm³/mol. The van der Waals surface area contributed by atoms with Gasteiger partial charge in [-0.3, -0.25) is 14.5 Å². The van der Waals surface area contributed by atoms with E-state index in [0.29, 0.717) is 19.5 Å².